The topological polar surface area (TPSA) is 67.4 Å². The molecule has 0 saturated heterocycles. The van der Waals surface area contributed by atoms with E-state index < -0.39 is 6.09 Å². The summed E-state index contributed by atoms with van der Waals surface area (Å²) in [6, 6.07) is 0. The van der Waals surface area contributed by atoms with E-state index in [-0.39, 0.29) is 21.4 Å². The third kappa shape index (κ3) is 7.28. The van der Waals surface area contributed by atoms with Gasteiger partial charge in [0, 0.05) is 6.92 Å². The molecule has 1 atom stereocenters. The van der Waals surface area contributed by atoms with Gasteiger partial charge in [-0.05, 0) is 6.16 Å². The van der Waals surface area contributed by atoms with Gasteiger partial charge in [0.05, 0.1) is 15.5 Å². The van der Waals surface area contributed by atoms with Crippen LogP contribution in [0.25, 0.3) is 0 Å². The lowest BCUT2D eigenvalue weighted by atomic mass is 10.7. The Bertz CT molecular complexity index is 163. The highest BCUT2D eigenvalue weighted by molar-refractivity contribution is 7.32. The molecule has 0 aliphatic heterocycles. The van der Waals surface area contributed by atoms with Crippen LogP contribution in [0.15, 0.2) is 0 Å². The minimum Gasteiger partial charge on any atom is -0.432 e. The van der Waals surface area contributed by atoms with E-state index in [1.807, 2.05) is 6.92 Å². The maximum Gasteiger partial charge on any atom is 0.410 e. The lowest BCUT2D eigenvalue weighted by Crippen LogP contribution is -2.35. The third-order valence-corrected chi connectivity index (χ3v) is 1.50. The van der Waals surface area contributed by atoms with Crippen LogP contribution in [0.3, 0.4) is 0 Å². The van der Waals surface area contributed by atoms with E-state index in [2.05, 4.69) is 10.6 Å². The largest absolute Gasteiger partial charge is 0.432 e. The van der Waals surface area contributed by atoms with Crippen molar-refractivity contribution in [3.05, 3.63) is 0 Å². The van der Waals surface area contributed by atoms with E-state index in [1.165, 1.54) is 6.92 Å². The number of hydrogen-bond donors (Lipinski definition) is 2. The molecule has 0 heterocycles. The molecule has 0 aromatic heterocycles. The maximum atomic E-state index is 10.7. The zero-order valence-electron chi connectivity index (χ0n) is 7.14. The Labute approximate surface area is 73.1 Å². The Morgan fingerprint density at radius 2 is 2.08 bits per heavy atom. The van der Waals surface area contributed by atoms with Gasteiger partial charge < -0.3 is 15.2 Å². The van der Waals surface area contributed by atoms with Crippen LogP contribution in [0.5, 0.6) is 0 Å². The highest BCUT2D eigenvalue weighted by Crippen LogP contribution is 2.08. The fourth-order valence-electron chi connectivity index (χ4n) is 0.415. The standard InChI is InChI=1S/C6H13N2O3P/c1-3-12-11-6(10)8-4-7-5(2)9/h12H,3-4H2,1-2H3,(H,7,9)(H,8,10). The van der Waals surface area contributed by atoms with E-state index in [9.17, 15) is 9.59 Å². The summed E-state index contributed by atoms with van der Waals surface area (Å²) in [4.78, 5) is 21.0. The van der Waals surface area contributed by atoms with Crippen LogP contribution in [-0.4, -0.2) is 24.8 Å². The quantitative estimate of drug-likeness (QED) is 0.501. The van der Waals surface area contributed by atoms with E-state index in [1.54, 1.807) is 0 Å². The van der Waals surface area contributed by atoms with Gasteiger partial charge in [0.15, 0.2) is 0 Å². The summed E-state index contributed by atoms with van der Waals surface area (Å²) >= 11 is 0. The number of carbonyl (C=O) groups is 2. The normalized spacial score (nSPS) is 9.83. The van der Waals surface area contributed by atoms with Gasteiger partial charge in [0.1, 0.15) is 0 Å². The first-order valence-corrected chi connectivity index (χ1v) is 4.70. The molecule has 0 spiro atoms. The molecule has 0 aromatic rings. The molecule has 0 aromatic carbocycles. The van der Waals surface area contributed by atoms with Crippen LogP contribution in [0.2, 0.25) is 0 Å². The summed E-state index contributed by atoms with van der Waals surface area (Å²) in [7, 11) is 0.176. The van der Waals surface area contributed by atoms with Gasteiger partial charge in [0.2, 0.25) is 5.91 Å². The Morgan fingerprint density at radius 3 is 2.58 bits per heavy atom. The summed E-state index contributed by atoms with van der Waals surface area (Å²) in [5, 5.41) is 4.77. The van der Waals surface area contributed by atoms with Crippen molar-refractivity contribution in [3.8, 4) is 0 Å². The van der Waals surface area contributed by atoms with Crippen molar-refractivity contribution in [2.45, 2.75) is 13.8 Å². The summed E-state index contributed by atoms with van der Waals surface area (Å²) in [5.41, 5.74) is 0. The first-order valence-electron chi connectivity index (χ1n) is 3.58. The summed E-state index contributed by atoms with van der Waals surface area (Å²) in [5.74, 6) is -0.187. The number of amides is 2. The van der Waals surface area contributed by atoms with Crippen molar-refractivity contribution < 1.29 is 14.1 Å². The Hall–Kier alpha value is -0.830. The van der Waals surface area contributed by atoms with Crippen LogP contribution in [-0.2, 0) is 9.32 Å². The van der Waals surface area contributed by atoms with E-state index in [0.717, 1.165) is 6.16 Å². The summed E-state index contributed by atoms with van der Waals surface area (Å²) in [6.45, 7) is 3.41. The molecule has 0 bridgehead atoms. The fraction of sp³-hybridized carbons (Fsp3) is 0.667. The number of rotatable bonds is 4. The summed E-state index contributed by atoms with van der Waals surface area (Å²) in [6.07, 6.45) is 0.317. The van der Waals surface area contributed by atoms with E-state index in [0.29, 0.717) is 0 Å². The van der Waals surface area contributed by atoms with Crippen LogP contribution in [0.1, 0.15) is 13.8 Å². The molecule has 2 amide bonds. The number of nitrogens with one attached hydrogen (secondary N) is 2. The Morgan fingerprint density at radius 1 is 1.42 bits per heavy atom. The highest BCUT2D eigenvalue weighted by atomic mass is 31.1. The van der Waals surface area contributed by atoms with Gasteiger partial charge in [-0.15, -0.1) is 0 Å². The van der Waals surface area contributed by atoms with E-state index in [4.69, 9.17) is 4.52 Å². The molecule has 0 radical (unpaired) electrons. The lowest BCUT2D eigenvalue weighted by molar-refractivity contribution is -0.118. The number of carbonyl (C=O) groups excluding carboxylic acids is 2. The molecule has 5 nitrogen and oxygen atoms in total. The Kier molecular flexibility index (Phi) is 6.38. The van der Waals surface area contributed by atoms with Gasteiger partial charge in [-0.25, -0.2) is 4.79 Å². The fourth-order valence-corrected chi connectivity index (χ4v) is 0.762. The lowest BCUT2D eigenvalue weighted by Gasteiger charge is -2.05. The first kappa shape index (κ1) is 11.2. The van der Waals surface area contributed by atoms with E-state index >= 15 is 0 Å². The summed E-state index contributed by atoms with van der Waals surface area (Å²) < 4.78 is 4.70. The molecule has 0 fully saturated rings. The maximum absolute atomic E-state index is 10.7. The van der Waals surface area contributed by atoms with Gasteiger partial charge in [0.25, 0.3) is 0 Å². The molecule has 0 aliphatic rings. The molecular weight excluding hydrogens is 179 g/mol. The third-order valence-electron chi connectivity index (χ3n) is 0.879. The molecule has 0 aliphatic carbocycles. The molecule has 6 heteroatoms. The number of hydrogen-bond acceptors (Lipinski definition) is 3. The van der Waals surface area contributed by atoms with Crippen molar-refractivity contribution in [1.82, 2.24) is 10.6 Å². The molecular formula is C6H13N2O3P. The van der Waals surface area contributed by atoms with Gasteiger partial charge in [-0.2, -0.15) is 0 Å². The van der Waals surface area contributed by atoms with Crippen molar-refractivity contribution in [2.24, 2.45) is 0 Å². The van der Waals surface area contributed by atoms with Gasteiger partial charge in [-0.1, -0.05) is 6.92 Å². The zero-order chi connectivity index (χ0) is 9.40. The van der Waals surface area contributed by atoms with Crippen molar-refractivity contribution in [3.63, 3.8) is 0 Å². The second kappa shape index (κ2) is 6.85. The van der Waals surface area contributed by atoms with Gasteiger partial charge >= 0.3 is 6.09 Å². The average molecular weight is 192 g/mol. The molecule has 1 unspecified atom stereocenters. The Balaban J connectivity index is 3.25. The van der Waals surface area contributed by atoms with Gasteiger partial charge in [-0.3, -0.25) is 4.79 Å². The SMILES string of the molecule is CCPOC(=O)NCNC(C)=O. The van der Waals surface area contributed by atoms with Crippen LogP contribution >= 0.6 is 8.81 Å². The molecule has 0 saturated carbocycles. The van der Waals surface area contributed by atoms with Crippen LogP contribution in [0, 0.1) is 0 Å². The molecule has 0 rings (SSSR count). The van der Waals surface area contributed by atoms with Crippen molar-refractivity contribution >= 4 is 20.8 Å². The molecule has 12 heavy (non-hydrogen) atoms. The minimum absolute atomic E-state index is 0.113. The first-order chi connectivity index (χ1) is 5.66. The molecule has 70 valence electrons. The average Bonchev–Trinajstić information content (AvgIpc) is 2.00. The zero-order valence-corrected chi connectivity index (χ0v) is 8.14. The van der Waals surface area contributed by atoms with Crippen LogP contribution < -0.4 is 10.6 Å². The monoisotopic (exact) mass is 192 g/mol. The smallest absolute Gasteiger partial charge is 0.410 e. The molecule has 2 N–H and O–H groups in total. The minimum atomic E-state index is -0.496. The van der Waals surface area contributed by atoms with Crippen LogP contribution in [0.4, 0.5) is 4.79 Å². The highest BCUT2D eigenvalue weighted by Gasteiger charge is 1.98. The predicted molar refractivity (Wildman–Crippen MR) is 47.2 cm³/mol. The van der Waals surface area contributed by atoms with Crippen molar-refractivity contribution in [1.29, 1.82) is 0 Å². The second-order valence-corrected chi connectivity index (χ2v) is 3.17. The second-order valence-electron chi connectivity index (χ2n) is 1.97. The predicted octanol–water partition coefficient (Wildman–Crippen LogP) is 0.420. The van der Waals surface area contributed by atoms with Crippen molar-refractivity contribution in [2.75, 3.05) is 12.8 Å².